The lowest BCUT2D eigenvalue weighted by Gasteiger charge is -2.33. The first-order valence-corrected chi connectivity index (χ1v) is 12.2. The Balaban J connectivity index is 1.64. The summed E-state index contributed by atoms with van der Waals surface area (Å²) in [5.41, 5.74) is 2.00. The second-order valence-electron chi connectivity index (χ2n) is 7.22. The molecule has 0 saturated carbocycles. The summed E-state index contributed by atoms with van der Waals surface area (Å²) in [6.07, 6.45) is 1.27. The summed E-state index contributed by atoms with van der Waals surface area (Å²) in [7, 11) is -3.05. The number of ether oxygens (including phenoxy) is 1. The first-order valence-electron chi connectivity index (χ1n) is 9.46. The summed E-state index contributed by atoms with van der Waals surface area (Å²) >= 11 is 1.59. The smallest absolute Gasteiger partial charge is 0.261 e. The number of hydrogen-bond donors (Lipinski definition) is 0. The zero-order valence-corrected chi connectivity index (χ0v) is 18.1. The first-order chi connectivity index (χ1) is 13.3. The Labute approximate surface area is 170 Å². The van der Waals surface area contributed by atoms with E-state index < -0.39 is 9.84 Å². The molecule has 1 saturated heterocycles. The van der Waals surface area contributed by atoms with E-state index in [-0.39, 0.29) is 36.1 Å². The monoisotopic (exact) mass is 422 g/mol. The molecule has 0 bridgehead atoms. The average Bonchev–Trinajstić information content (AvgIpc) is 3.25. The molecule has 0 radical (unpaired) electrons. The molecule has 1 aliphatic heterocycles. The van der Waals surface area contributed by atoms with E-state index in [1.165, 1.54) is 0 Å². The maximum atomic E-state index is 12.8. The van der Waals surface area contributed by atoms with E-state index in [1.807, 2.05) is 50.4 Å². The van der Waals surface area contributed by atoms with Crippen molar-refractivity contribution in [3.05, 3.63) is 35.3 Å². The molecule has 1 aliphatic rings. The molecule has 1 aromatic carbocycles. The van der Waals surface area contributed by atoms with E-state index in [2.05, 4.69) is 4.98 Å². The van der Waals surface area contributed by atoms with Crippen LogP contribution in [0.4, 0.5) is 0 Å². The SMILES string of the molecule is CC[C@@H](C)N(C(=O)COc1ccc(-c2nc(C)cs2)cc1)[C@H]1CCS(=O)(=O)C1. The van der Waals surface area contributed by atoms with Crippen molar-refractivity contribution in [1.29, 1.82) is 0 Å². The minimum Gasteiger partial charge on any atom is -0.484 e. The van der Waals surface area contributed by atoms with Crippen LogP contribution in [0.1, 0.15) is 32.4 Å². The lowest BCUT2D eigenvalue weighted by Crippen LogP contribution is -2.48. The van der Waals surface area contributed by atoms with Gasteiger partial charge in [-0.1, -0.05) is 6.92 Å². The molecule has 1 fully saturated rings. The van der Waals surface area contributed by atoms with Gasteiger partial charge in [0.2, 0.25) is 0 Å². The van der Waals surface area contributed by atoms with Crippen molar-refractivity contribution in [2.45, 2.75) is 45.7 Å². The highest BCUT2D eigenvalue weighted by Gasteiger charge is 2.36. The second-order valence-corrected chi connectivity index (χ2v) is 10.3. The Morgan fingerprint density at radius 1 is 1.36 bits per heavy atom. The molecule has 0 unspecified atom stereocenters. The topological polar surface area (TPSA) is 76.6 Å². The van der Waals surface area contributed by atoms with Crippen LogP contribution in [0.15, 0.2) is 29.6 Å². The summed E-state index contributed by atoms with van der Waals surface area (Å²) in [5.74, 6) is 0.631. The summed E-state index contributed by atoms with van der Waals surface area (Å²) < 4.78 is 29.4. The van der Waals surface area contributed by atoms with Gasteiger partial charge in [0, 0.05) is 28.7 Å². The summed E-state index contributed by atoms with van der Waals surface area (Å²) in [6.45, 7) is 5.81. The van der Waals surface area contributed by atoms with E-state index in [0.29, 0.717) is 12.2 Å². The number of carbonyl (C=O) groups excluding carboxylic acids is 1. The molecular formula is C20H26N2O4S2. The van der Waals surface area contributed by atoms with E-state index in [4.69, 9.17) is 4.74 Å². The third-order valence-corrected chi connectivity index (χ3v) is 7.80. The molecule has 6 nitrogen and oxygen atoms in total. The van der Waals surface area contributed by atoms with Crippen molar-refractivity contribution in [2.75, 3.05) is 18.1 Å². The van der Waals surface area contributed by atoms with E-state index in [0.717, 1.165) is 22.7 Å². The first kappa shape index (κ1) is 20.8. The van der Waals surface area contributed by atoms with Gasteiger partial charge in [0.05, 0.1) is 11.5 Å². The van der Waals surface area contributed by atoms with Crippen molar-refractivity contribution in [3.63, 3.8) is 0 Å². The fourth-order valence-electron chi connectivity index (χ4n) is 3.40. The number of sulfone groups is 1. The van der Waals surface area contributed by atoms with Gasteiger partial charge in [0.25, 0.3) is 5.91 Å². The molecule has 28 heavy (non-hydrogen) atoms. The lowest BCUT2D eigenvalue weighted by molar-refractivity contribution is -0.137. The number of amides is 1. The van der Waals surface area contributed by atoms with Crippen molar-refractivity contribution < 1.29 is 17.9 Å². The van der Waals surface area contributed by atoms with Crippen LogP contribution in [-0.2, 0) is 14.6 Å². The van der Waals surface area contributed by atoms with Gasteiger partial charge in [-0.25, -0.2) is 13.4 Å². The van der Waals surface area contributed by atoms with Crippen molar-refractivity contribution >= 4 is 27.1 Å². The van der Waals surface area contributed by atoms with Crippen molar-refractivity contribution in [3.8, 4) is 16.3 Å². The Hall–Kier alpha value is -1.93. The number of hydrogen-bond acceptors (Lipinski definition) is 6. The van der Waals surface area contributed by atoms with Gasteiger partial charge < -0.3 is 9.64 Å². The molecule has 3 rings (SSSR count). The number of benzene rings is 1. The van der Waals surface area contributed by atoms with E-state index in [9.17, 15) is 13.2 Å². The lowest BCUT2D eigenvalue weighted by atomic mass is 10.1. The number of carbonyl (C=O) groups is 1. The number of aryl methyl sites for hydroxylation is 1. The molecule has 2 aromatic rings. The fourth-order valence-corrected chi connectivity index (χ4v) is 5.92. The van der Waals surface area contributed by atoms with Crippen LogP contribution < -0.4 is 4.74 Å². The summed E-state index contributed by atoms with van der Waals surface area (Å²) in [4.78, 5) is 19.0. The normalized spacial score (nSPS) is 19.3. The molecule has 152 valence electrons. The maximum Gasteiger partial charge on any atom is 0.261 e. The van der Waals surface area contributed by atoms with Gasteiger partial charge in [0.15, 0.2) is 16.4 Å². The minimum atomic E-state index is -3.05. The van der Waals surface area contributed by atoms with Crippen LogP contribution >= 0.6 is 11.3 Å². The van der Waals surface area contributed by atoms with Crippen LogP contribution in [0.2, 0.25) is 0 Å². The zero-order valence-electron chi connectivity index (χ0n) is 16.4. The van der Waals surface area contributed by atoms with Gasteiger partial charge in [-0.15, -0.1) is 11.3 Å². The largest absolute Gasteiger partial charge is 0.484 e. The zero-order chi connectivity index (χ0) is 20.3. The number of aromatic nitrogens is 1. The number of rotatable bonds is 7. The molecule has 1 aromatic heterocycles. The second kappa shape index (κ2) is 8.61. The van der Waals surface area contributed by atoms with Gasteiger partial charge in [-0.2, -0.15) is 0 Å². The highest BCUT2D eigenvalue weighted by Crippen LogP contribution is 2.26. The Bertz CT molecular complexity index is 922. The Kier molecular flexibility index (Phi) is 6.40. The molecule has 2 atom stereocenters. The molecule has 1 amide bonds. The number of thiazole rings is 1. The molecular weight excluding hydrogens is 396 g/mol. The van der Waals surface area contributed by atoms with Gasteiger partial charge in [-0.05, 0) is 51.0 Å². The van der Waals surface area contributed by atoms with E-state index in [1.54, 1.807) is 16.2 Å². The van der Waals surface area contributed by atoms with Crippen LogP contribution in [0.5, 0.6) is 5.75 Å². The minimum absolute atomic E-state index is 0.0232. The van der Waals surface area contributed by atoms with Gasteiger partial charge >= 0.3 is 0 Å². The Morgan fingerprint density at radius 2 is 2.07 bits per heavy atom. The predicted molar refractivity (Wildman–Crippen MR) is 111 cm³/mol. The molecule has 0 aliphatic carbocycles. The quantitative estimate of drug-likeness (QED) is 0.684. The standard InChI is InChI=1S/C20H26N2O4S2/c1-4-15(3)22(17-9-10-28(24,25)13-17)19(23)11-26-18-7-5-16(6-8-18)20-21-14(2)12-27-20/h5-8,12,15,17H,4,9-11,13H2,1-3H3/t15-,17+/m1/s1. The third kappa shape index (κ3) is 4.91. The highest BCUT2D eigenvalue weighted by atomic mass is 32.2. The fraction of sp³-hybridized carbons (Fsp3) is 0.500. The molecule has 8 heteroatoms. The molecule has 0 N–H and O–H groups in total. The van der Waals surface area contributed by atoms with Crippen LogP contribution in [0.25, 0.3) is 10.6 Å². The van der Waals surface area contributed by atoms with Crippen molar-refractivity contribution in [2.24, 2.45) is 0 Å². The molecule has 2 heterocycles. The van der Waals surface area contributed by atoms with Crippen LogP contribution in [0, 0.1) is 6.92 Å². The van der Waals surface area contributed by atoms with E-state index >= 15 is 0 Å². The number of nitrogens with zero attached hydrogens (tertiary/aromatic N) is 2. The predicted octanol–water partition coefficient (Wildman–Crippen LogP) is 3.31. The third-order valence-electron chi connectivity index (χ3n) is 5.04. The van der Waals surface area contributed by atoms with Crippen LogP contribution in [0.3, 0.4) is 0 Å². The maximum absolute atomic E-state index is 12.8. The average molecular weight is 423 g/mol. The van der Waals surface area contributed by atoms with Gasteiger partial charge in [0.1, 0.15) is 10.8 Å². The van der Waals surface area contributed by atoms with Crippen molar-refractivity contribution in [1.82, 2.24) is 9.88 Å². The van der Waals surface area contributed by atoms with Crippen LogP contribution in [-0.4, -0.2) is 54.4 Å². The highest BCUT2D eigenvalue weighted by molar-refractivity contribution is 7.91. The molecule has 0 spiro atoms. The summed E-state index contributed by atoms with van der Waals surface area (Å²) in [6, 6.07) is 7.22. The summed E-state index contributed by atoms with van der Waals surface area (Å²) in [5, 5.41) is 2.95. The Morgan fingerprint density at radius 3 is 2.61 bits per heavy atom. The van der Waals surface area contributed by atoms with Gasteiger partial charge in [-0.3, -0.25) is 4.79 Å².